The zero-order valence-electron chi connectivity index (χ0n) is 11.9. The van der Waals surface area contributed by atoms with Gasteiger partial charge in [-0.15, -0.1) is 0 Å². The molecule has 0 radical (unpaired) electrons. The van der Waals surface area contributed by atoms with E-state index in [9.17, 15) is 0 Å². The van der Waals surface area contributed by atoms with Gasteiger partial charge in [0.15, 0.2) is 0 Å². The lowest BCUT2D eigenvalue weighted by atomic mass is 9.50. The molecule has 0 atom stereocenters. The first-order chi connectivity index (χ1) is 9.24. The van der Waals surface area contributed by atoms with Crippen LogP contribution in [0.4, 0.5) is 0 Å². The summed E-state index contributed by atoms with van der Waals surface area (Å²) < 4.78 is 0. The molecule has 102 valence electrons. The monoisotopic (exact) mass is 255 g/mol. The average molecular weight is 255 g/mol. The van der Waals surface area contributed by atoms with Crippen LogP contribution < -0.4 is 5.73 Å². The first kappa shape index (κ1) is 12.0. The van der Waals surface area contributed by atoms with E-state index in [1.54, 1.807) is 12.0 Å². The molecule has 5 rings (SSSR count). The molecule has 4 aliphatic rings. The van der Waals surface area contributed by atoms with Crippen LogP contribution in [0.2, 0.25) is 0 Å². The van der Waals surface area contributed by atoms with Crippen molar-refractivity contribution in [2.24, 2.45) is 29.4 Å². The summed E-state index contributed by atoms with van der Waals surface area (Å²) in [4.78, 5) is 0. The maximum Gasteiger partial charge on any atom is 0.0180 e. The summed E-state index contributed by atoms with van der Waals surface area (Å²) in [6, 6.07) is 7.10. The highest BCUT2D eigenvalue weighted by Crippen LogP contribution is 2.59. The molecule has 4 aliphatic carbocycles. The van der Waals surface area contributed by atoms with Crippen LogP contribution in [-0.2, 0) is 6.54 Å². The van der Waals surface area contributed by atoms with Crippen molar-refractivity contribution in [2.45, 2.75) is 51.5 Å². The molecule has 0 spiro atoms. The number of hydrogen-bond acceptors (Lipinski definition) is 1. The smallest absolute Gasteiger partial charge is 0.0180 e. The van der Waals surface area contributed by atoms with Crippen molar-refractivity contribution in [1.82, 2.24) is 0 Å². The van der Waals surface area contributed by atoms with Gasteiger partial charge in [0.2, 0.25) is 0 Å². The van der Waals surface area contributed by atoms with Crippen molar-refractivity contribution in [1.29, 1.82) is 0 Å². The van der Waals surface area contributed by atoms with Gasteiger partial charge in [0.05, 0.1) is 0 Å². The van der Waals surface area contributed by atoms with Crippen LogP contribution in [0.3, 0.4) is 0 Å². The SMILES string of the molecule is Cc1ccc(C2C3CC4CC(C3)CC2C4)cc1CN. The molecule has 1 aromatic carbocycles. The van der Waals surface area contributed by atoms with Crippen molar-refractivity contribution >= 4 is 0 Å². The van der Waals surface area contributed by atoms with E-state index in [2.05, 4.69) is 25.1 Å². The Morgan fingerprint density at radius 2 is 1.63 bits per heavy atom. The Morgan fingerprint density at radius 3 is 2.21 bits per heavy atom. The summed E-state index contributed by atoms with van der Waals surface area (Å²) >= 11 is 0. The van der Waals surface area contributed by atoms with Crippen molar-refractivity contribution in [3.63, 3.8) is 0 Å². The molecule has 0 heterocycles. The third-order valence-corrected chi connectivity index (χ3v) is 6.20. The predicted octanol–water partition coefficient (Wildman–Crippen LogP) is 3.99. The van der Waals surface area contributed by atoms with Crippen LogP contribution in [0.25, 0.3) is 0 Å². The minimum absolute atomic E-state index is 0.687. The molecule has 1 heteroatoms. The maximum atomic E-state index is 5.89. The number of aryl methyl sites for hydroxylation is 1. The highest BCUT2D eigenvalue weighted by atomic mass is 14.5. The molecule has 1 nitrogen and oxygen atoms in total. The number of hydrogen-bond donors (Lipinski definition) is 1. The zero-order chi connectivity index (χ0) is 13.0. The standard InChI is InChI=1S/C18H25N/c1-11-2-3-14(9-17(11)10-19)18-15-5-12-4-13(7-15)8-16(18)6-12/h2-3,9,12-13,15-16,18H,4-8,10,19H2,1H3. The zero-order valence-corrected chi connectivity index (χ0v) is 11.9. The highest BCUT2D eigenvalue weighted by Gasteiger charge is 2.48. The largest absolute Gasteiger partial charge is 0.326 e. The summed E-state index contributed by atoms with van der Waals surface area (Å²) in [5.41, 5.74) is 10.2. The molecular formula is C18H25N. The number of benzene rings is 1. The first-order valence-corrected chi connectivity index (χ1v) is 8.04. The molecule has 0 saturated heterocycles. The van der Waals surface area contributed by atoms with E-state index < -0.39 is 0 Å². The Balaban J connectivity index is 1.69. The highest BCUT2D eigenvalue weighted by molar-refractivity contribution is 5.34. The molecule has 1 aromatic rings. The molecule has 0 aliphatic heterocycles. The van der Waals surface area contributed by atoms with Gasteiger partial charge in [-0.2, -0.15) is 0 Å². The van der Waals surface area contributed by atoms with Crippen LogP contribution in [0.5, 0.6) is 0 Å². The van der Waals surface area contributed by atoms with Gasteiger partial charge >= 0.3 is 0 Å². The Morgan fingerprint density at radius 1 is 1.00 bits per heavy atom. The van der Waals surface area contributed by atoms with Crippen LogP contribution in [0.1, 0.15) is 54.7 Å². The summed E-state index contributed by atoms with van der Waals surface area (Å²) in [5.74, 6) is 4.93. The third kappa shape index (κ3) is 1.86. The fraction of sp³-hybridized carbons (Fsp3) is 0.667. The minimum Gasteiger partial charge on any atom is -0.326 e. The van der Waals surface area contributed by atoms with Crippen molar-refractivity contribution in [2.75, 3.05) is 0 Å². The second kappa shape index (κ2) is 4.34. The third-order valence-electron chi connectivity index (χ3n) is 6.20. The fourth-order valence-corrected chi connectivity index (χ4v) is 5.59. The van der Waals surface area contributed by atoms with E-state index in [1.807, 2.05) is 0 Å². The summed E-state index contributed by atoms with van der Waals surface area (Å²) in [7, 11) is 0. The normalized spacial score (nSPS) is 39.8. The Kier molecular flexibility index (Phi) is 2.73. The van der Waals surface area contributed by atoms with Gasteiger partial charge in [-0.05, 0) is 85.3 Å². The summed E-state index contributed by atoms with van der Waals surface area (Å²) in [5, 5.41) is 0. The Hall–Kier alpha value is -0.820. The van der Waals surface area contributed by atoms with Gasteiger partial charge in [-0.25, -0.2) is 0 Å². The Labute approximate surface area is 116 Å². The summed E-state index contributed by atoms with van der Waals surface area (Å²) in [6.07, 6.45) is 7.56. The van der Waals surface area contributed by atoms with Gasteiger partial charge < -0.3 is 5.73 Å². The van der Waals surface area contributed by atoms with Crippen LogP contribution >= 0.6 is 0 Å². The van der Waals surface area contributed by atoms with Crippen molar-refractivity contribution < 1.29 is 0 Å². The minimum atomic E-state index is 0.687. The van der Waals surface area contributed by atoms with E-state index in [4.69, 9.17) is 5.73 Å². The number of nitrogens with two attached hydrogens (primary N) is 1. The van der Waals surface area contributed by atoms with Crippen LogP contribution in [0.15, 0.2) is 18.2 Å². The van der Waals surface area contributed by atoms with E-state index in [0.717, 1.165) is 29.6 Å². The molecular weight excluding hydrogens is 230 g/mol. The molecule has 4 fully saturated rings. The molecule has 0 aromatic heterocycles. The lowest BCUT2D eigenvalue weighted by Crippen LogP contribution is -2.43. The second-order valence-electron chi connectivity index (χ2n) is 7.35. The second-order valence-corrected chi connectivity index (χ2v) is 7.35. The maximum absolute atomic E-state index is 5.89. The van der Waals surface area contributed by atoms with Gasteiger partial charge in [-0.3, -0.25) is 0 Å². The van der Waals surface area contributed by atoms with E-state index in [-0.39, 0.29) is 0 Å². The molecule has 4 saturated carbocycles. The predicted molar refractivity (Wildman–Crippen MR) is 78.9 cm³/mol. The van der Waals surface area contributed by atoms with E-state index >= 15 is 0 Å². The average Bonchev–Trinajstić information content (AvgIpc) is 2.39. The fourth-order valence-electron chi connectivity index (χ4n) is 5.59. The summed E-state index contributed by atoms with van der Waals surface area (Å²) in [6.45, 7) is 2.87. The van der Waals surface area contributed by atoms with Crippen LogP contribution in [-0.4, -0.2) is 0 Å². The quantitative estimate of drug-likeness (QED) is 0.849. The Bertz CT molecular complexity index is 462. The molecule has 0 unspecified atom stereocenters. The molecule has 19 heavy (non-hydrogen) atoms. The molecule has 4 bridgehead atoms. The van der Waals surface area contributed by atoms with Gasteiger partial charge in [0, 0.05) is 6.54 Å². The topological polar surface area (TPSA) is 26.0 Å². The number of rotatable bonds is 2. The molecule has 0 amide bonds. The van der Waals surface area contributed by atoms with E-state index in [1.165, 1.54) is 36.8 Å². The van der Waals surface area contributed by atoms with Crippen LogP contribution in [0, 0.1) is 30.6 Å². The van der Waals surface area contributed by atoms with Gasteiger partial charge in [-0.1, -0.05) is 18.2 Å². The van der Waals surface area contributed by atoms with Crippen molar-refractivity contribution in [3.8, 4) is 0 Å². The first-order valence-electron chi connectivity index (χ1n) is 8.04. The molecule has 2 N–H and O–H groups in total. The van der Waals surface area contributed by atoms with Crippen molar-refractivity contribution in [3.05, 3.63) is 34.9 Å². The lowest BCUT2D eigenvalue weighted by Gasteiger charge is -2.54. The van der Waals surface area contributed by atoms with Gasteiger partial charge in [0.1, 0.15) is 0 Å². The van der Waals surface area contributed by atoms with E-state index in [0.29, 0.717) is 6.54 Å². The lowest BCUT2D eigenvalue weighted by molar-refractivity contribution is -0.00280. The van der Waals surface area contributed by atoms with Gasteiger partial charge in [0.25, 0.3) is 0 Å².